The maximum Gasteiger partial charge on any atom is 0.341 e. The first-order chi connectivity index (χ1) is 18.3. The summed E-state index contributed by atoms with van der Waals surface area (Å²) in [6.45, 7) is 5.08. The van der Waals surface area contributed by atoms with E-state index in [4.69, 9.17) is 16.3 Å². The van der Waals surface area contributed by atoms with Crippen LogP contribution in [0.1, 0.15) is 36.2 Å². The first-order valence-corrected chi connectivity index (χ1v) is 12.8. The number of carbonyl (C=O) groups is 1. The first kappa shape index (κ1) is 26.0. The van der Waals surface area contributed by atoms with Gasteiger partial charge in [-0.25, -0.2) is 9.18 Å². The Morgan fingerprint density at radius 3 is 2.50 bits per heavy atom. The van der Waals surface area contributed by atoms with Crippen LogP contribution in [0.2, 0.25) is 5.02 Å². The number of nitrogens with zero attached hydrogens (tertiary/aromatic N) is 4. The van der Waals surface area contributed by atoms with E-state index >= 15 is 4.39 Å². The molecule has 0 atom stereocenters. The van der Waals surface area contributed by atoms with Crippen LogP contribution in [0.5, 0.6) is 5.75 Å². The van der Waals surface area contributed by atoms with E-state index in [1.807, 2.05) is 24.0 Å². The lowest BCUT2D eigenvalue weighted by atomic mass is 10.1. The molecule has 5 rings (SSSR count). The van der Waals surface area contributed by atoms with Gasteiger partial charge in [-0.3, -0.25) is 15.1 Å². The number of halogens is 2. The van der Waals surface area contributed by atoms with Crippen LogP contribution in [0, 0.1) is 5.82 Å². The van der Waals surface area contributed by atoms with E-state index in [0.29, 0.717) is 49.0 Å². The molecule has 1 saturated carbocycles. The van der Waals surface area contributed by atoms with E-state index in [-0.39, 0.29) is 22.7 Å². The molecule has 2 fully saturated rings. The average molecular weight is 542 g/mol. The number of hydrazone groups is 1. The van der Waals surface area contributed by atoms with Crippen molar-refractivity contribution in [3.8, 4) is 5.75 Å². The van der Waals surface area contributed by atoms with Crippen LogP contribution in [0.15, 0.2) is 46.4 Å². The molecule has 1 aliphatic heterocycles. The zero-order chi connectivity index (χ0) is 27.0. The summed E-state index contributed by atoms with van der Waals surface area (Å²) in [4.78, 5) is 28.8. The van der Waals surface area contributed by atoms with Gasteiger partial charge >= 0.3 is 5.97 Å². The molecule has 0 amide bonds. The molecule has 1 aromatic heterocycles. The van der Waals surface area contributed by atoms with E-state index in [0.717, 1.165) is 30.3 Å². The first-order valence-electron chi connectivity index (χ1n) is 12.5. The summed E-state index contributed by atoms with van der Waals surface area (Å²) in [6, 6.07) is 8.52. The Morgan fingerprint density at radius 2 is 1.89 bits per heavy atom. The number of methoxy groups -OCH3 is 1. The molecule has 11 heteroatoms. The lowest BCUT2D eigenvalue weighted by Gasteiger charge is -2.37. The van der Waals surface area contributed by atoms with E-state index in [2.05, 4.69) is 15.4 Å². The number of anilines is 2. The molecule has 2 N–H and O–H groups in total. The van der Waals surface area contributed by atoms with E-state index in [9.17, 15) is 14.7 Å². The molecule has 0 bridgehead atoms. The van der Waals surface area contributed by atoms with Crippen molar-refractivity contribution in [1.29, 1.82) is 0 Å². The van der Waals surface area contributed by atoms with Gasteiger partial charge in [-0.1, -0.05) is 11.6 Å². The number of ether oxygens (including phenoxy) is 1. The second-order valence-electron chi connectivity index (χ2n) is 9.68. The second-order valence-corrected chi connectivity index (χ2v) is 10.1. The van der Waals surface area contributed by atoms with Crippen LogP contribution in [0.3, 0.4) is 0 Å². The van der Waals surface area contributed by atoms with Gasteiger partial charge in [0.25, 0.3) is 0 Å². The summed E-state index contributed by atoms with van der Waals surface area (Å²) in [5.74, 6) is -1.66. The highest BCUT2D eigenvalue weighted by atomic mass is 35.5. The summed E-state index contributed by atoms with van der Waals surface area (Å²) in [5.41, 5.74) is 4.45. The highest BCUT2D eigenvalue weighted by Gasteiger charge is 2.32. The number of fused-ring (bicyclic) bond motifs is 1. The minimum atomic E-state index is -1.33. The van der Waals surface area contributed by atoms with Gasteiger partial charge in [0.05, 0.1) is 23.7 Å². The summed E-state index contributed by atoms with van der Waals surface area (Å²) >= 11 is 5.92. The highest BCUT2D eigenvalue weighted by molar-refractivity contribution is 6.30. The molecule has 38 heavy (non-hydrogen) atoms. The predicted molar refractivity (Wildman–Crippen MR) is 147 cm³/mol. The zero-order valence-corrected chi connectivity index (χ0v) is 22.0. The van der Waals surface area contributed by atoms with Crippen molar-refractivity contribution < 1.29 is 19.0 Å². The molecule has 3 aromatic rings. The fraction of sp³-hybridized carbons (Fsp3) is 0.370. The summed E-state index contributed by atoms with van der Waals surface area (Å²) in [5, 5.41) is 14.7. The van der Waals surface area contributed by atoms with Gasteiger partial charge in [0.15, 0.2) is 11.6 Å². The number of carboxylic acid groups (broad SMARTS) is 1. The lowest BCUT2D eigenvalue weighted by Crippen LogP contribution is -2.48. The smallest absolute Gasteiger partial charge is 0.341 e. The molecular weight excluding hydrogens is 513 g/mol. The number of carboxylic acids is 1. The number of nitrogens with one attached hydrogen (secondary N) is 1. The van der Waals surface area contributed by atoms with Crippen LogP contribution in [-0.2, 0) is 0 Å². The van der Waals surface area contributed by atoms with Crippen LogP contribution in [0.25, 0.3) is 10.9 Å². The molecule has 9 nitrogen and oxygen atoms in total. The topological polar surface area (TPSA) is 99.4 Å². The molecule has 2 aliphatic rings. The van der Waals surface area contributed by atoms with Gasteiger partial charge in [-0.15, -0.1) is 0 Å². The van der Waals surface area contributed by atoms with Crippen LogP contribution in [-0.4, -0.2) is 66.1 Å². The summed E-state index contributed by atoms with van der Waals surface area (Å²) in [6.07, 6.45) is 3.09. The number of hydrogen-bond donors (Lipinski definition) is 2. The van der Waals surface area contributed by atoms with Crippen LogP contribution >= 0.6 is 11.6 Å². The van der Waals surface area contributed by atoms with Crippen molar-refractivity contribution in [1.82, 2.24) is 9.47 Å². The second kappa shape index (κ2) is 10.6. The standard InChI is InChI=1S/C27H29ClFN5O4/c1-16(30-31-18-5-3-17(28)4-6-18)14-32-9-11-33(12-10-32)24-22(29)13-20-23(26(24)38-2)34(19-7-8-19)15-21(25(20)35)27(36)37/h3-6,13,15,19,31H,7-12,14H2,1-2H3,(H,36,37)/b30-16+. The van der Waals surface area contributed by atoms with Gasteiger partial charge in [-0.05, 0) is 50.1 Å². The average Bonchev–Trinajstić information content (AvgIpc) is 3.74. The van der Waals surface area contributed by atoms with Gasteiger partial charge in [0, 0.05) is 55.7 Å². The molecule has 2 heterocycles. The summed E-state index contributed by atoms with van der Waals surface area (Å²) < 4.78 is 23.0. The minimum Gasteiger partial charge on any atom is -0.492 e. The van der Waals surface area contributed by atoms with Crippen molar-refractivity contribution in [2.75, 3.05) is 50.2 Å². The minimum absolute atomic E-state index is 0.0218. The van der Waals surface area contributed by atoms with Gasteiger partial charge in [-0.2, -0.15) is 5.10 Å². The Morgan fingerprint density at radius 1 is 1.21 bits per heavy atom. The SMILES string of the molecule is COc1c(N2CCN(C/C(C)=N/Nc3ccc(Cl)cc3)CC2)c(F)cc2c(=O)c(C(=O)O)cn(C3CC3)c12. The molecular formula is C27H29ClFN5O4. The van der Waals surface area contributed by atoms with Gasteiger partial charge in [0.1, 0.15) is 11.3 Å². The van der Waals surface area contributed by atoms with E-state index in [1.165, 1.54) is 13.3 Å². The fourth-order valence-corrected chi connectivity index (χ4v) is 5.02. The Bertz CT molecular complexity index is 1460. The monoisotopic (exact) mass is 541 g/mol. The predicted octanol–water partition coefficient (Wildman–Crippen LogP) is 4.45. The molecule has 200 valence electrons. The van der Waals surface area contributed by atoms with Crippen molar-refractivity contribution >= 4 is 45.6 Å². The molecule has 1 aliphatic carbocycles. The number of aromatic carboxylic acids is 1. The third-order valence-electron chi connectivity index (χ3n) is 6.93. The highest BCUT2D eigenvalue weighted by Crippen LogP contribution is 2.43. The number of aromatic nitrogens is 1. The van der Waals surface area contributed by atoms with E-state index < -0.39 is 17.2 Å². The quantitative estimate of drug-likeness (QED) is 0.321. The Kier molecular flexibility index (Phi) is 7.27. The third-order valence-corrected chi connectivity index (χ3v) is 7.19. The van der Waals surface area contributed by atoms with Crippen molar-refractivity contribution in [2.24, 2.45) is 5.10 Å². The molecule has 0 radical (unpaired) electrons. The van der Waals surface area contributed by atoms with Crippen LogP contribution in [0.4, 0.5) is 15.8 Å². The number of benzene rings is 2. The lowest BCUT2D eigenvalue weighted by molar-refractivity contribution is 0.0694. The maximum absolute atomic E-state index is 15.5. The zero-order valence-electron chi connectivity index (χ0n) is 21.2. The maximum atomic E-state index is 15.5. The van der Waals surface area contributed by atoms with Crippen LogP contribution < -0.4 is 20.5 Å². The van der Waals surface area contributed by atoms with Crippen molar-refractivity contribution in [2.45, 2.75) is 25.8 Å². The molecule has 0 unspecified atom stereocenters. The Balaban J connectivity index is 1.36. The molecule has 0 spiro atoms. The van der Waals surface area contributed by atoms with Crippen molar-refractivity contribution in [3.05, 3.63) is 63.2 Å². The fourth-order valence-electron chi connectivity index (χ4n) is 4.90. The van der Waals surface area contributed by atoms with Crippen molar-refractivity contribution in [3.63, 3.8) is 0 Å². The van der Waals surface area contributed by atoms with E-state index in [1.54, 1.807) is 16.7 Å². The number of pyridine rings is 1. The summed E-state index contributed by atoms with van der Waals surface area (Å²) in [7, 11) is 1.45. The Hall–Kier alpha value is -3.63. The van der Waals surface area contributed by atoms with Gasteiger partial charge in [0.2, 0.25) is 5.43 Å². The third kappa shape index (κ3) is 5.19. The normalized spacial score (nSPS) is 16.6. The molecule has 2 aromatic carbocycles. The van der Waals surface area contributed by atoms with Gasteiger partial charge < -0.3 is 19.3 Å². The Labute approximate surface area is 224 Å². The largest absolute Gasteiger partial charge is 0.492 e. The molecule has 1 saturated heterocycles. The number of rotatable bonds is 8. The number of piperazine rings is 1. The number of hydrogen-bond acceptors (Lipinski definition) is 7.